The van der Waals surface area contributed by atoms with Crippen LogP contribution in [0.3, 0.4) is 0 Å². The predicted molar refractivity (Wildman–Crippen MR) is 176 cm³/mol. The summed E-state index contributed by atoms with van der Waals surface area (Å²) in [6.45, 7) is 1.89. The van der Waals surface area contributed by atoms with E-state index in [1.54, 1.807) is 66.7 Å². The van der Waals surface area contributed by atoms with E-state index in [0.717, 1.165) is 0 Å². The van der Waals surface area contributed by atoms with Crippen LogP contribution < -0.4 is 25.4 Å². The lowest BCUT2D eigenvalue weighted by atomic mass is 10.1. The maximum absolute atomic E-state index is 14.5. The Morgan fingerprint density at radius 2 is 1.60 bits per heavy atom. The first-order chi connectivity index (χ1) is 21.7. The van der Waals surface area contributed by atoms with Gasteiger partial charge in [-0.15, -0.1) is 11.8 Å². The molecular weight excluding hydrogens is 617 g/mol. The highest BCUT2D eigenvalue weighted by molar-refractivity contribution is 8.00. The number of ether oxygens (including phenoxy) is 2. The summed E-state index contributed by atoms with van der Waals surface area (Å²) in [7, 11) is 2.97. The van der Waals surface area contributed by atoms with Gasteiger partial charge in [0, 0.05) is 27.8 Å². The molecule has 0 aliphatic carbocycles. The van der Waals surface area contributed by atoms with E-state index >= 15 is 0 Å². The zero-order chi connectivity index (χ0) is 32.3. The lowest BCUT2D eigenvalue weighted by molar-refractivity contribution is -0.116. The fraction of sp³-hybridized carbons (Fsp3) is 0.147. The first-order valence-electron chi connectivity index (χ1n) is 13.9. The van der Waals surface area contributed by atoms with Gasteiger partial charge in [0.1, 0.15) is 23.0 Å². The highest BCUT2D eigenvalue weighted by Gasteiger charge is 2.21. The van der Waals surface area contributed by atoms with Crippen molar-refractivity contribution in [1.82, 2.24) is 5.32 Å². The minimum absolute atomic E-state index is 0.131. The molecule has 0 saturated carbocycles. The molecule has 0 radical (unpaired) electrons. The SMILES string of the molecule is CCC(Sc1cccc(NC(=O)/C(=C/c2ccccc2F)NC(=O)c2ccccc2)c1)C(=O)Nc1cc(Cl)c(OC)cc1OC. The highest BCUT2D eigenvalue weighted by Crippen LogP contribution is 2.37. The molecule has 1 unspecified atom stereocenters. The zero-order valence-corrected chi connectivity index (χ0v) is 26.3. The van der Waals surface area contributed by atoms with Gasteiger partial charge in [0.2, 0.25) is 5.91 Å². The van der Waals surface area contributed by atoms with Crippen LogP contribution in [0.2, 0.25) is 5.02 Å². The van der Waals surface area contributed by atoms with Gasteiger partial charge in [0.15, 0.2) is 0 Å². The fourth-order valence-corrected chi connectivity index (χ4v) is 5.45. The van der Waals surface area contributed by atoms with Crippen LogP contribution in [0.5, 0.6) is 11.5 Å². The summed E-state index contributed by atoms with van der Waals surface area (Å²) >= 11 is 7.57. The van der Waals surface area contributed by atoms with Crippen molar-refractivity contribution in [2.24, 2.45) is 0 Å². The molecule has 0 aromatic heterocycles. The Labute approximate surface area is 270 Å². The third-order valence-corrected chi connectivity index (χ3v) is 8.15. The quantitative estimate of drug-likeness (QED) is 0.109. The van der Waals surface area contributed by atoms with Gasteiger partial charge < -0.3 is 25.4 Å². The number of nitrogens with one attached hydrogen (secondary N) is 3. The first kappa shape index (κ1) is 33.1. The minimum Gasteiger partial charge on any atom is -0.495 e. The van der Waals surface area contributed by atoms with Crippen LogP contribution in [-0.4, -0.2) is 37.2 Å². The maximum atomic E-state index is 14.5. The lowest BCUT2D eigenvalue weighted by Crippen LogP contribution is -2.30. The van der Waals surface area contributed by atoms with Crippen molar-refractivity contribution < 1.29 is 28.2 Å². The van der Waals surface area contributed by atoms with Gasteiger partial charge in [-0.25, -0.2) is 4.39 Å². The number of rotatable bonds is 12. The molecule has 0 fully saturated rings. The summed E-state index contributed by atoms with van der Waals surface area (Å²) in [5.74, 6) is -1.18. The van der Waals surface area contributed by atoms with E-state index in [0.29, 0.717) is 44.8 Å². The summed E-state index contributed by atoms with van der Waals surface area (Å²) in [6, 6.07) is 24.4. The van der Waals surface area contributed by atoms with E-state index in [2.05, 4.69) is 16.0 Å². The topological polar surface area (TPSA) is 106 Å². The third-order valence-electron chi connectivity index (χ3n) is 6.50. The maximum Gasteiger partial charge on any atom is 0.272 e. The van der Waals surface area contributed by atoms with Gasteiger partial charge in [-0.3, -0.25) is 14.4 Å². The smallest absolute Gasteiger partial charge is 0.272 e. The number of hydrogen-bond donors (Lipinski definition) is 3. The van der Waals surface area contributed by atoms with Gasteiger partial charge in [-0.05, 0) is 55.0 Å². The summed E-state index contributed by atoms with van der Waals surface area (Å²) in [5.41, 5.74) is 1.13. The average molecular weight is 648 g/mol. The summed E-state index contributed by atoms with van der Waals surface area (Å²) in [4.78, 5) is 40.3. The predicted octanol–water partition coefficient (Wildman–Crippen LogP) is 7.42. The van der Waals surface area contributed by atoms with Crippen molar-refractivity contribution in [2.75, 3.05) is 24.9 Å². The second-order valence-electron chi connectivity index (χ2n) is 9.57. The van der Waals surface area contributed by atoms with Crippen LogP contribution in [0.15, 0.2) is 102 Å². The van der Waals surface area contributed by atoms with Crippen molar-refractivity contribution in [3.8, 4) is 11.5 Å². The number of hydrogen-bond acceptors (Lipinski definition) is 6. The van der Waals surface area contributed by atoms with Gasteiger partial charge in [0.25, 0.3) is 11.8 Å². The highest BCUT2D eigenvalue weighted by atomic mass is 35.5. The Hall–Kier alpha value is -4.80. The van der Waals surface area contributed by atoms with Crippen LogP contribution in [0.25, 0.3) is 6.08 Å². The van der Waals surface area contributed by atoms with Crippen molar-refractivity contribution in [3.63, 3.8) is 0 Å². The number of carbonyl (C=O) groups excluding carboxylic acids is 3. The number of thioether (sulfide) groups is 1. The zero-order valence-electron chi connectivity index (χ0n) is 24.7. The molecule has 0 aliphatic heterocycles. The summed E-state index contributed by atoms with van der Waals surface area (Å²) in [6.07, 6.45) is 1.78. The minimum atomic E-state index is -0.655. The molecule has 232 valence electrons. The van der Waals surface area contributed by atoms with Gasteiger partial charge in [-0.1, -0.05) is 61.0 Å². The molecule has 4 rings (SSSR count). The molecule has 4 aromatic rings. The first-order valence-corrected chi connectivity index (χ1v) is 15.1. The van der Waals surface area contributed by atoms with Crippen molar-refractivity contribution in [1.29, 1.82) is 0 Å². The van der Waals surface area contributed by atoms with Crippen molar-refractivity contribution >= 4 is 58.5 Å². The number of methoxy groups -OCH3 is 2. The lowest BCUT2D eigenvalue weighted by Gasteiger charge is -2.18. The normalized spacial score (nSPS) is 11.7. The monoisotopic (exact) mass is 647 g/mol. The van der Waals surface area contributed by atoms with E-state index in [1.807, 2.05) is 13.0 Å². The molecule has 0 saturated heterocycles. The largest absolute Gasteiger partial charge is 0.495 e. The van der Waals surface area contributed by atoms with E-state index < -0.39 is 22.9 Å². The number of amides is 3. The third kappa shape index (κ3) is 8.87. The van der Waals surface area contributed by atoms with Crippen LogP contribution in [0, 0.1) is 5.82 Å². The Morgan fingerprint density at radius 3 is 2.29 bits per heavy atom. The molecule has 3 amide bonds. The van der Waals surface area contributed by atoms with Gasteiger partial charge >= 0.3 is 0 Å². The molecule has 1 atom stereocenters. The molecular formula is C34H31ClFN3O5S. The summed E-state index contributed by atoms with van der Waals surface area (Å²) in [5, 5.41) is 8.07. The standard InChI is InChI=1S/C34H31ClFN3O5S/c1-4-31(34(42)38-27-19-25(35)29(43-2)20-30(27)44-3)45-24-15-10-14-23(18-24)37-33(41)28(17-22-13-8-9-16-26(22)36)39-32(40)21-11-6-5-7-12-21/h5-20,31H,4H2,1-3H3,(H,37,41)(H,38,42)(H,39,40)/b28-17-. The molecule has 8 nitrogen and oxygen atoms in total. The van der Waals surface area contributed by atoms with E-state index in [1.165, 1.54) is 50.3 Å². The van der Waals surface area contributed by atoms with Crippen molar-refractivity contribution in [2.45, 2.75) is 23.5 Å². The van der Waals surface area contributed by atoms with Crippen molar-refractivity contribution in [3.05, 3.63) is 119 Å². The Morgan fingerprint density at radius 1 is 0.889 bits per heavy atom. The molecule has 0 bridgehead atoms. The molecule has 3 N–H and O–H groups in total. The molecule has 0 spiro atoms. The Balaban J connectivity index is 1.51. The fourth-order valence-electron chi connectivity index (χ4n) is 4.19. The second-order valence-corrected chi connectivity index (χ2v) is 11.3. The Bertz CT molecular complexity index is 1720. The molecule has 11 heteroatoms. The number of benzene rings is 4. The molecule has 0 aliphatic rings. The van der Waals surface area contributed by atoms with Crippen LogP contribution in [0.4, 0.5) is 15.8 Å². The second kappa shape index (κ2) is 15.8. The molecule has 0 heterocycles. The summed E-state index contributed by atoms with van der Waals surface area (Å²) < 4.78 is 25.1. The van der Waals surface area contributed by atoms with Crippen LogP contribution in [-0.2, 0) is 9.59 Å². The van der Waals surface area contributed by atoms with E-state index in [-0.39, 0.29) is 17.2 Å². The molecule has 4 aromatic carbocycles. The van der Waals surface area contributed by atoms with E-state index in [9.17, 15) is 18.8 Å². The molecule has 45 heavy (non-hydrogen) atoms. The number of anilines is 2. The van der Waals surface area contributed by atoms with Crippen LogP contribution in [0.1, 0.15) is 29.3 Å². The van der Waals surface area contributed by atoms with E-state index in [4.69, 9.17) is 21.1 Å². The average Bonchev–Trinajstić information content (AvgIpc) is 3.04. The van der Waals surface area contributed by atoms with Crippen LogP contribution >= 0.6 is 23.4 Å². The Kier molecular flexibility index (Phi) is 11.6. The number of halogens is 2. The van der Waals surface area contributed by atoms with Gasteiger partial charge in [0.05, 0.1) is 30.2 Å². The van der Waals surface area contributed by atoms with Gasteiger partial charge in [-0.2, -0.15) is 0 Å². The number of carbonyl (C=O) groups is 3.